The number of aromatic nitrogens is 5. The quantitative estimate of drug-likeness (QED) is 0.744. The second-order valence-electron chi connectivity index (χ2n) is 6.56. The van der Waals surface area contributed by atoms with Crippen LogP contribution >= 0.6 is 0 Å². The first-order valence-corrected chi connectivity index (χ1v) is 8.51. The molecule has 1 N–H and O–H groups in total. The molecule has 1 aliphatic heterocycles. The van der Waals surface area contributed by atoms with Crippen molar-refractivity contribution < 1.29 is 9.90 Å². The van der Waals surface area contributed by atoms with Crippen molar-refractivity contribution >= 4 is 5.97 Å². The lowest BCUT2D eigenvalue weighted by molar-refractivity contribution is -0.145. The third kappa shape index (κ3) is 3.23. The van der Waals surface area contributed by atoms with Gasteiger partial charge in [0.2, 0.25) is 0 Å². The molecule has 8 nitrogen and oxygen atoms in total. The zero-order valence-corrected chi connectivity index (χ0v) is 14.5. The topological polar surface area (TPSA) is 89.1 Å². The van der Waals surface area contributed by atoms with Crippen molar-refractivity contribution in [3.8, 4) is 0 Å². The lowest BCUT2D eigenvalue weighted by Crippen LogP contribution is -2.47. The molecule has 0 fully saturated rings. The van der Waals surface area contributed by atoms with Crippen LogP contribution in [0.15, 0.2) is 42.7 Å². The Morgan fingerprint density at radius 1 is 1.19 bits per heavy atom. The zero-order chi connectivity index (χ0) is 18.1. The first kappa shape index (κ1) is 16.5. The van der Waals surface area contributed by atoms with Gasteiger partial charge in [-0.05, 0) is 12.5 Å². The molecule has 2 aromatic heterocycles. The van der Waals surface area contributed by atoms with Crippen molar-refractivity contribution in [1.29, 1.82) is 0 Å². The van der Waals surface area contributed by atoms with Gasteiger partial charge in [-0.25, -0.2) is 0 Å². The van der Waals surface area contributed by atoms with E-state index in [1.807, 2.05) is 45.5 Å². The summed E-state index contributed by atoms with van der Waals surface area (Å²) < 4.78 is 3.76. The molecule has 134 valence electrons. The number of hydrogen-bond acceptors (Lipinski definition) is 5. The number of fused-ring (bicyclic) bond motifs is 1. The van der Waals surface area contributed by atoms with Gasteiger partial charge in [-0.1, -0.05) is 30.3 Å². The smallest absolute Gasteiger partial charge is 0.322 e. The van der Waals surface area contributed by atoms with Crippen molar-refractivity contribution in [2.75, 3.05) is 0 Å². The molecule has 1 unspecified atom stereocenters. The molecular weight excluding hydrogens is 332 g/mol. The maximum absolute atomic E-state index is 11.7. The fourth-order valence-corrected chi connectivity index (χ4v) is 3.34. The Hall–Kier alpha value is -3.00. The van der Waals surface area contributed by atoms with Crippen LogP contribution in [-0.4, -0.2) is 46.6 Å². The molecule has 0 bridgehead atoms. The number of aliphatic carboxylic acids is 1. The van der Waals surface area contributed by atoms with Crippen LogP contribution in [0.2, 0.25) is 0 Å². The number of hydrogen-bond donors (Lipinski definition) is 1. The monoisotopic (exact) mass is 352 g/mol. The van der Waals surface area contributed by atoms with Crippen molar-refractivity contribution in [3.63, 3.8) is 0 Å². The van der Waals surface area contributed by atoms with E-state index in [0.717, 1.165) is 17.2 Å². The molecule has 26 heavy (non-hydrogen) atoms. The summed E-state index contributed by atoms with van der Waals surface area (Å²) in [5.74, 6) is 0.721. The highest BCUT2D eigenvalue weighted by Crippen LogP contribution is 2.20. The zero-order valence-electron chi connectivity index (χ0n) is 14.5. The van der Waals surface area contributed by atoms with E-state index in [4.69, 9.17) is 0 Å². The van der Waals surface area contributed by atoms with E-state index in [0.29, 0.717) is 26.2 Å². The lowest BCUT2D eigenvalue weighted by Gasteiger charge is -2.33. The second kappa shape index (κ2) is 6.72. The van der Waals surface area contributed by atoms with E-state index in [9.17, 15) is 9.90 Å². The van der Waals surface area contributed by atoms with Crippen molar-refractivity contribution in [1.82, 2.24) is 29.4 Å². The molecule has 0 spiro atoms. The minimum absolute atomic E-state index is 0.363. The minimum atomic E-state index is -0.833. The van der Waals surface area contributed by atoms with E-state index < -0.39 is 12.0 Å². The number of carboxylic acids is 1. The third-order valence-electron chi connectivity index (χ3n) is 4.70. The van der Waals surface area contributed by atoms with Crippen LogP contribution in [0.25, 0.3) is 0 Å². The van der Waals surface area contributed by atoms with Crippen LogP contribution in [0.1, 0.15) is 22.8 Å². The number of aryl methyl sites for hydroxylation is 1. The Kier molecular flexibility index (Phi) is 4.26. The molecular formula is C18H20N6O2. The number of benzene rings is 1. The van der Waals surface area contributed by atoms with Crippen molar-refractivity contribution in [2.24, 2.45) is 0 Å². The van der Waals surface area contributed by atoms with Crippen LogP contribution in [0, 0.1) is 6.92 Å². The number of carboxylic acid groups (broad SMARTS) is 1. The number of rotatable bonds is 5. The maximum Gasteiger partial charge on any atom is 0.322 e. The van der Waals surface area contributed by atoms with Gasteiger partial charge in [-0.15, -0.1) is 10.2 Å². The Morgan fingerprint density at radius 3 is 2.77 bits per heavy atom. The molecule has 3 aromatic rings. The van der Waals surface area contributed by atoms with Crippen LogP contribution in [-0.2, 0) is 31.0 Å². The van der Waals surface area contributed by atoms with E-state index in [2.05, 4.69) is 27.4 Å². The Morgan fingerprint density at radius 2 is 2.00 bits per heavy atom. The average Bonchev–Trinajstić information content (AvgIpc) is 3.22. The molecule has 3 heterocycles. The average molecular weight is 352 g/mol. The third-order valence-corrected chi connectivity index (χ3v) is 4.70. The molecule has 1 aliphatic rings. The molecule has 1 aromatic carbocycles. The Labute approximate surface area is 150 Å². The second-order valence-corrected chi connectivity index (χ2v) is 6.56. The maximum atomic E-state index is 11.7. The van der Waals surface area contributed by atoms with Gasteiger partial charge in [0.1, 0.15) is 17.7 Å². The van der Waals surface area contributed by atoms with Gasteiger partial charge in [-0.3, -0.25) is 14.4 Å². The van der Waals surface area contributed by atoms with E-state index in [1.165, 1.54) is 5.56 Å². The highest BCUT2D eigenvalue weighted by atomic mass is 16.4. The molecule has 0 radical (unpaired) electrons. The summed E-state index contributed by atoms with van der Waals surface area (Å²) in [6.45, 7) is 3.87. The highest BCUT2D eigenvalue weighted by molar-refractivity contribution is 5.73. The lowest BCUT2D eigenvalue weighted by atomic mass is 10.1. The summed E-state index contributed by atoms with van der Waals surface area (Å²) in [6.07, 6.45) is 3.77. The summed E-state index contributed by atoms with van der Waals surface area (Å²) >= 11 is 0. The van der Waals surface area contributed by atoms with Crippen LogP contribution in [0.5, 0.6) is 0 Å². The fourth-order valence-electron chi connectivity index (χ4n) is 3.34. The predicted octanol–water partition coefficient (Wildman–Crippen LogP) is 1.30. The summed E-state index contributed by atoms with van der Waals surface area (Å²) in [5.41, 5.74) is 2.16. The van der Waals surface area contributed by atoms with Gasteiger partial charge in [0, 0.05) is 18.3 Å². The number of nitrogens with zero attached hydrogens (tertiary/aromatic N) is 6. The van der Waals surface area contributed by atoms with Gasteiger partial charge < -0.3 is 9.67 Å². The standard InChI is InChI=1S/C18H20N6O2/c1-13-20-21-17-12-22(16(18(25)26)11-24(13)17)8-15-7-19-23(10-15)9-14-5-3-2-4-6-14/h2-7,10,16H,8-9,11-12H2,1H3,(H,25,26). The molecule has 1 atom stereocenters. The van der Waals surface area contributed by atoms with Crippen LogP contribution in [0.3, 0.4) is 0 Å². The minimum Gasteiger partial charge on any atom is -0.480 e. The normalized spacial score (nSPS) is 17.2. The summed E-state index contributed by atoms with van der Waals surface area (Å²) in [5, 5.41) is 22.3. The predicted molar refractivity (Wildman–Crippen MR) is 93.2 cm³/mol. The van der Waals surface area contributed by atoms with Gasteiger partial charge in [0.05, 0.1) is 25.8 Å². The summed E-state index contributed by atoms with van der Waals surface area (Å²) in [7, 11) is 0. The van der Waals surface area contributed by atoms with Gasteiger partial charge >= 0.3 is 5.97 Å². The summed E-state index contributed by atoms with van der Waals surface area (Å²) in [6, 6.07) is 9.51. The molecule has 0 aliphatic carbocycles. The van der Waals surface area contributed by atoms with E-state index in [-0.39, 0.29) is 0 Å². The first-order valence-electron chi connectivity index (χ1n) is 8.51. The largest absolute Gasteiger partial charge is 0.480 e. The first-order chi connectivity index (χ1) is 12.6. The molecule has 8 heteroatoms. The fraction of sp³-hybridized carbons (Fsp3) is 0.333. The SMILES string of the molecule is Cc1nnc2n1CC(C(=O)O)N(Cc1cnn(Cc3ccccc3)c1)C2. The Bertz CT molecular complexity index is 917. The van der Waals surface area contributed by atoms with Crippen molar-refractivity contribution in [2.45, 2.75) is 39.1 Å². The van der Waals surface area contributed by atoms with E-state index >= 15 is 0 Å². The van der Waals surface area contributed by atoms with Gasteiger partial charge in [0.25, 0.3) is 0 Å². The molecule has 0 saturated carbocycles. The highest BCUT2D eigenvalue weighted by Gasteiger charge is 2.33. The molecule has 0 saturated heterocycles. The van der Waals surface area contributed by atoms with Crippen LogP contribution < -0.4 is 0 Å². The van der Waals surface area contributed by atoms with Gasteiger partial charge in [0.15, 0.2) is 0 Å². The Balaban J connectivity index is 1.50. The molecule has 0 amide bonds. The molecule has 4 rings (SSSR count). The van der Waals surface area contributed by atoms with Gasteiger partial charge in [-0.2, -0.15) is 5.10 Å². The van der Waals surface area contributed by atoms with E-state index in [1.54, 1.807) is 6.20 Å². The van der Waals surface area contributed by atoms with Crippen LogP contribution in [0.4, 0.5) is 0 Å². The summed E-state index contributed by atoms with van der Waals surface area (Å²) in [4.78, 5) is 13.6. The van der Waals surface area contributed by atoms with Crippen molar-refractivity contribution in [3.05, 3.63) is 65.5 Å². The number of carbonyl (C=O) groups is 1.